The lowest BCUT2D eigenvalue weighted by molar-refractivity contribution is -0.131. The summed E-state index contributed by atoms with van der Waals surface area (Å²) in [6.45, 7) is 11.9. The zero-order valence-electron chi connectivity index (χ0n) is 11.0. The topological polar surface area (TPSA) is 32.3 Å². The van der Waals surface area contributed by atoms with Crippen LogP contribution in [0.3, 0.4) is 0 Å². The lowest BCUT2D eigenvalue weighted by atomic mass is 10.2. The molecule has 0 aromatic rings. The number of hydrogen-bond acceptors (Lipinski definition) is 2. The van der Waals surface area contributed by atoms with Crippen molar-refractivity contribution in [3.8, 4) is 0 Å². The summed E-state index contributed by atoms with van der Waals surface area (Å²) in [5.41, 5.74) is 0. The minimum absolute atomic E-state index is 0.188. The van der Waals surface area contributed by atoms with Gasteiger partial charge in [0.25, 0.3) is 0 Å². The summed E-state index contributed by atoms with van der Waals surface area (Å²) in [5.74, 6) is 0.188. The highest BCUT2D eigenvalue weighted by Gasteiger charge is 2.15. The number of hydrogen-bond donors (Lipinski definition) is 1. The number of unbranched alkanes of at least 4 members (excludes halogenated alkanes) is 2. The Labute approximate surface area is 99.9 Å². The van der Waals surface area contributed by atoms with E-state index >= 15 is 0 Å². The molecule has 3 nitrogen and oxygen atoms in total. The van der Waals surface area contributed by atoms with E-state index in [2.05, 4.69) is 32.7 Å². The van der Waals surface area contributed by atoms with Crippen LogP contribution in [-0.4, -0.2) is 36.5 Å². The first kappa shape index (κ1) is 15.2. The van der Waals surface area contributed by atoms with E-state index in [4.69, 9.17) is 0 Å². The molecule has 0 aromatic carbocycles. The number of carbonyl (C=O) groups is 1. The standard InChI is InChI=1S/C13H26N2O/c1-5-7-8-10-15(12(3)4)13(16)11-14-9-6-2/h6,12,14H,2,5,7-11H2,1,3-4H3. The largest absolute Gasteiger partial charge is 0.339 e. The Hall–Kier alpha value is -0.830. The van der Waals surface area contributed by atoms with Gasteiger partial charge in [-0.2, -0.15) is 0 Å². The molecule has 1 N–H and O–H groups in total. The summed E-state index contributed by atoms with van der Waals surface area (Å²) < 4.78 is 0. The molecule has 94 valence electrons. The van der Waals surface area contributed by atoms with Crippen LogP contribution in [0.4, 0.5) is 0 Å². The molecule has 0 spiro atoms. The van der Waals surface area contributed by atoms with Gasteiger partial charge < -0.3 is 10.2 Å². The first-order chi connectivity index (χ1) is 7.63. The van der Waals surface area contributed by atoms with Crippen LogP contribution >= 0.6 is 0 Å². The molecule has 0 saturated carbocycles. The van der Waals surface area contributed by atoms with Gasteiger partial charge in [0, 0.05) is 19.1 Å². The smallest absolute Gasteiger partial charge is 0.236 e. The molecule has 0 radical (unpaired) electrons. The number of carbonyl (C=O) groups excluding carboxylic acids is 1. The molecular weight excluding hydrogens is 200 g/mol. The van der Waals surface area contributed by atoms with Gasteiger partial charge in [-0.1, -0.05) is 25.8 Å². The van der Waals surface area contributed by atoms with Gasteiger partial charge in [-0.05, 0) is 20.3 Å². The van der Waals surface area contributed by atoms with Crippen molar-refractivity contribution in [1.29, 1.82) is 0 Å². The highest BCUT2D eigenvalue weighted by atomic mass is 16.2. The molecule has 0 aromatic heterocycles. The molecule has 0 unspecified atom stereocenters. The molecule has 0 aliphatic rings. The fourth-order valence-corrected chi connectivity index (χ4v) is 1.59. The highest BCUT2D eigenvalue weighted by molar-refractivity contribution is 5.78. The van der Waals surface area contributed by atoms with Gasteiger partial charge in [0.2, 0.25) is 5.91 Å². The van der Waals surface area contributed by atoms with Gasteiger partial charge in [0.15, 0.2) is 0 Å². The van der Waals surface area contributed by atoms with E-state index in [1.54, 1.807) is 6.08 Å². The molecule has 0 rings (SSSR count). The van der Waals surface area contributed by atoms with Crippen LogP contribution in [0.2, 0.25) is 0 Å². The predicted molar refractivity (Wildman–Crippen MR) is 69.4 cm³/mol. The molecule has 0 atom stereocenters. The average Bonchev–Trinajstić information content (AvgIpc) is 2.24. The third-order valence-electron chi connectivity index (χ3n) is 2.51. The van der Waals surface area contributed by atoms with Crippen molar-refractivity contribution >= 4 is 5.91 Å². The Morgan fingerprint density at radius 3 is 2.62 bits per heavy atom. The first-order valence-corrected chi connectivity index (χ1v) is 6.24. The van der Waals surface area contributed by atoms with Crippen LogP contribution in [0, 0.1) is 0 Å². The Morgan fingerprint density at radius 2 is 2.12 bits per heavy atom. The van der Waals surface area contributed by atoms with Crippen LogP contribution < -0.4 is 5.32 Å². The van der Waals surface area contributed by atoms with Gasteiger partial charge in [-0.15, -0.1) is 6.58 Å². The summed E-state index contributed by atoms with van der Waals surface area (Å²) >= 11 is 0. The zero-order chi connectivity index (χ0) is 12.4. The maximum atomic E-state index is 11.9. The summed E-state index contributed by atoms with van der Waals surface area (Å²) in [6.07, 6.45) is 5.25. The van der Waals surface area contributed by atoms with Crippen molar-refractivity contribution in [1.82, 2.24) is 10.2 Å². The summed E-state index contributed by atoms with van der Waals surface area (Å²) in [4.78, 5) is 13.8. The SMILES string of the molecule is C=CCNCC(=O)N(CCCCC)C(C)C. The maximum absolute atomic E-state index is 11.9. The van der Waals surface area contributed by atoms with Crippen molar-refractivity contribution in [2.24, 2.45) is 0 Å². The number of rotatable bonds is 9. The molecule has 0 aliphatic carbocycles. The fourth-order valence-electron chi connectivity index (χ4n) is 1.59. The zero-order valence-corrected chi connectivity index (χ0v) is 11.0. The van der Waals surface area contributed by atoms with E-state index in [1.807, 2.05) is 4.90 Å². The van der Waals surface area contributed by atoms with Crippen LogP contribution in [0.25, 0.3) is 0 Å². The number of nitrogens with zero attached hydrogens (tertiary/aromatic N) is 1. The minimum Gasteiger partial charge on any atom is -0.339 e. The Kier molecular flexibility index (Phi) is 8.91. The van der Waals surface area contributed by atoms with Crippen molar-refractivity contribution in [3.63, 3.8) is 0 Å². The van der Waals surface area contributed by atoms with E-state index in [0.717, 1.165) is 13.0 Å². The van der Waals surface area contributed by atoms with Gasteiger partial charge in [0.1, 0.15) is 0 Å². The van der Waals surface area contributed by atoms with E-state index in [9.17, 15) is 4.79 Å². The second kappa shape index (κ2) is 9.40. The third kappa shape index (κ3) is 6.62. The summed E-state index contributed by atoms with van der Waals surface area (Å²) in [5, 5.41) is 3.05. The van der Waals surface area contributed by atoms with E-state index in [1.165, 1.54) is 12.8 Å². The van der Waals surface area contributed by atoms with Crippen molar-refractivity contribution in [2.75, 3.05) is 19.6 Å². The van der Waals surface area contributed by atoms with Gasteiger partial charge in [-0.25, -0.2) is 0 Å². The molecule has 16 heavy (non-hydrogen) atoms. The molecule has 0 saturated heterocycles. The molecule has 1 amide bonds. The lowest BCUT2D eigenvalue weighted by Crippen LogP contribution is -2.42. The number of amides is 1. The van der Waals surface area contributed by atoms with E-state index < -0.39 is 0 Å². The Bertz CT molecular complexity index is 202. The third-order valence-corrected chi connectivity index (χ3v) is 2.51. The molecule has 3 heteroatoms. The first-order valence-electron chi connectivity index (χ1n) is 6.24. The summed E-state index contributed by atoms with van der Waals surface area (Å²) in [6, 6.07) is 0.287. The van der Waals surface area contributed by atoms with Crippen LogP contribution in [-0.2, 0) is 4.79 Å². The van der Waals surface area contributed by atoms with Gasteiger partial charge in [0.05, 0.1) is 6.54 Å². The normalized spacial score (nSPS) is 10.5. The predicted octanol–water partition coefficient (Wildman–Crippen LogP) is 2.19. The maximum Gasteiger partial charge on any atom is 0.236 e. The fraction of sp³-hybridized carbons (Fsp3) is 0.769. The monoisotopic (exact) mass is 226 g/mol. The number of nitrogens with one attached hydrogen (secondary N) is 1. The second-order valence-corrected chi connectivity index (χ2v) is 4.31. The van der Waals surface area contributed by atoms with Crippen LogP contribution in [0.15, 0.2) is 12.7 Å². The second-order valence-electron chi connectivity index (χ2n) is 4.31. The molecule has 0 fully saturated rings. The van der Waals surface area contributed by atoms with Crippen molar-refractivity contribution in [2.45, 2.75) is 46.1 Å². The lowest BCUT2D eigenvalue weighted by Gasteiger charge is -2.27. The minimum atomic E-state index is 0.188. The van der Waals surface area contributed by atoms with Crippen molar-refractivity contribution < 1.29 is 4.79 Å². The van der Waals surface area contributed by atoms with Crippen LogP contribution in [0.5, 0.6) is 0 Å². The summed E-state index contributed by atoms with van der Waals surface area (Å²) in [7, 11) is 0. The van der Waals surface area contributed by atoms with Crippen LogP contribution in [0.1, 0.15) is 40.0 Å². The van der Waals surface area contributed by atoms with E-state index in [0.29, 0.717) is 13.1 Å². The molecule has 0 bridgehead atoms. The van der Waals surface area contributed by atoms with Gasteiger partial charge >= 0.3 is 0 Å². The van der Waals surface area contributed by atoms with Gasteiger partial charge in [-0.3, -0.25) is 4.79 Å². The molecular formula is C13H26N2O. The Morgan fingerprint density at radius 1 is 1.44 bits per heavy atom. The molecule has 0 heterocycles. The van der Waals surface area contributed by atoms with E-state index in [-0.39, 0.29) is 11.9 Å². The Balaban J connectivity index is 3.98. The average molecular weight is 226 g/mol. The molecule has 0 aliphatic heterocycles. The highest BCUT2D eigenvalue weighted by Crippen LogP contribution is 2.03. The van der Waals surface area contributed by atoms with Crippen molar-refractivity contribution in [3.05, 3.63) is 12.7 Å². The quantitative estimate of drug-likeness (QED) is 0.483.